The molecule has 0 unspecified atom stereocenters. The number of benzene rings is 2. The molecule has 31 heavy (non-hydrogen) atoms. The Morgan fingerprint density at radius 1 is 1.13 bits per heavy atom. The van der Waals surface area contributed by atoms with Crippen molar-refractivity contribution in [2.24, 2.45) is 0 Å². The fourth-order valence-corrected chi connectivity index (χ4v) is 4.27. The number of carbonyl (C=O) groups excluding carboxylic acids is 1. The van der Waals surface area contributed by atoms with Crippen LogP contribution in [0.3, 0.4) is 0 Å². The summed E-state index contributed by atoms with van der Waals surface area (Å²) in [6.45, 7) is 9.56. The molecule has 5 heteroatoms. The van der Waals surface area contributed by atoms with Gasteiger partial charge in [0.25, 0.3) is 0 Å². The molecule has 0 aliphatic rings. The third kappa shape index (κ3) is 6.17. The molecule has 2 N–H and O–H groups in total. The van der Waals surface area contributed by atoms with Gasteiger partial charge in [-0.05, 0) is 68.7 Å². The number of para-hydroxylation sites is 1. The molecule has 3 rings (SSSR count). The molecule has 1 aromatic heterocycles. The van der Waals surface area contributed by atoms with Crippen LogP contribution in [-0.2, 0) is 4.79 Å². The Hall–Kier alpha value is -2.66. The van der Waals surface area contributed by atoms with Gasteiger partial charge in [-0.1, -0.05) is 44.2 Å². The van der Waals surface area contributed by atoms with Gasteiger partial charge in [0.15, 0.2) is 0 Å². The highest BCUT2D eigenvalue weighted by atomic mass is 19.1. The van der Waals surface area contributed by atoms with Crippen molar-refractivity contribution < 1.29 is 9.18 Å². The highest BCUT2D eigenvalue weighted by Crippen LogP contribution is 2.33. The lowest BCUT2D eigenvalue weighted by Gasteiger charge is -2.21. The third-order valence-electron chi connectivity index (χ3n) is 6.05. The summed E-state index contributed by atoms with van der Waals surface area (Å²) in [6.07, 6.45) is 4.23. The molecule has 0 saturated heterocycles. The first-order valence-electron chi connectivity index (χ1n) is 11.3. The van der Waals surface area contributed by atoms with Crippen LogP contribution in [0.15, 0.2) is 54.7 Å². The van der Waals surface area contributed by atoms with Gasteiger partial charge in [-0.2, -0.15) is 0 Å². The van der Waals surface area contributed by atoms with Crippen LogP contribution in [0.4, 0.5) is 4.39 Å². The number of amides is 1. The summed E-state index contributed by atoms with van der Waals surface area (Å²) in [5.74, 6) is -0.503. The Kier molecular flexibility index (Phi) is 8.24. The Morgan fingerprint density at radius 3 is 2.65 bits per heavy atom. The van der Waals surface area contributed by atoms with Crippen molar-refractivity contribution >= 4 is 16.8 Å². The van der Waals surface area contributed by atoms with E-state index >= 15 is 0 Å². The molecule has 0 bridgehead atoms. The maximum atomic E-state index is 14.0. The van der Waals surface area contributed by atoms with Gasteiger partial charge in [0.2, 0.25) is 5.91 Å². The second-order valence-corrected chi connectivity index (χ2v) is 8.24. The normalized spacial score (nSPS) is 13.5. The van der Waals surface area contributed by atoms with E-state index in [4.69, 9.17) is 0 Å². The average Bonchev–Trinajstić information content (AvgIpc) is 3.19. The summed E-state index contributed by atoms with van der Waals surface area (Å²) in [4.78, 5) is 18.6. The number of hydrogen-bond acceptors (Lipinski definition) is 2. The molecule has 0 saturated carbocycles. The maximum absolute atomic E-state index is 14.0. The van der Waals surface area contributed by atoms with Gasteiger partial charge < -0.3 is 15.2 Å². The Balaban J connectivity index is 1.71. The van der Waals surface area contributed by atoms with Gasteiger partial charge in [-0.15, -0.1) is 0 Å². The van der Waals surface area contributed by atoms with Crippen LogP contribution in [0.1, 0.15) is 57.1 Å². The summed E-state index contributed by atoms with van der Waals surface area (Å²) < 4.78 is 14.0. The Morgan fingerprint density at radius 2 is 1.90 bits per heavy atom. The van der Waals surface area contributed by atoms with Gasteiger partial charge in [0, 0.05) is 35.5 Å². The molecule has 1 amide bonds. The van der Waals surface area contributed by atoms with Crippen LogP contribution in [-0.4, -0.2) is 41.5 Å². The van der Waals surface area contributed by atoms with Crippen LogP contribution >= 0.6 is 0 Å². The molecule has 0 radical (unpaired) electrons. The topological polar surface area (TPSA) is 48.1 Å². The third-order valence-corrected chi connectivity index (χ3v) is 6.05. The summed E-state index contributed by atoms with van der Waals surface area (Å²) in [5, 5.41) is 4.22. The maximum Gasteiger partial charge on any atom is 0.221 e. The lowest BCUT2D eigenvalue weighted by molar-refractivity contribution is -0.121. The van der Waals surface area contributed by atoms with E-state index in [2.05, 4.69) is 36.0 Å². The first-order valence-corrected chi connectivity index (χ1v) is 11.3. The predicted molar refractivity (Wildman–Crippen MR) is 126 cm³/mol. The number of hydrogen-bond donors (Lipinski definition) is 2. The zero-order valence-electron chi connectivity index (χ0n) is 18.8. The summed E-state index contributed by atoms with van der Waals surface area (Å²) in [5.41, 5.74) is 2.85. The number of nitrogens with one attached hydrogen (secondary N) is 2. The summed E-state index contributed by atoms with van der Waals surface area (Å²) in [7, 11) is 0. The highest BCUT2D eigenvalue weighted by molar-refractivity contribution is 5.86. The van der Waals surface area contributed by atoms with E-state index in [9.17, 15) is 9.18 Å². The van der Waals surface area contributed by atoms with Gasteiger partial charge in [0.1, 0.15) is 5.82 Å². The van der Waals surface area contributed by atoms with E-state index < -0.39 is 0 Å². The van der Waals surface area contributed by atoms with E-state index in [-0.39, 0.29) is 30.1 Å². The smallest absolute Gasteiger partial charge is 0.221 e. The fraction of sp³-hybridized carbons (Fsp3) is 0.423. The molecule has 0 aliphatic heterocycles. The number of fused-ring (bicyclic) bond motifs is 1. The van der Waals surface area contributed by atoms with E-state index in [1.165, 1.54) is 12.1 Å². The molecule has 0 aliphatic carbocycles. The number of aromatic nitrogens is 1. The SMILES string of the molecule is CCN(CC)CCC[C@@H](C)NC(=O)C[C@H](c1cccc(F)c1)c1c[nH]c2ccccc12. The van der Waals surface area contributed by atoms with Crippen molar-refractivity contribution in [3.63, 3.8) is 0 Å². The van der Waals surface area contributed by atoms with Crippen molar-refractivity contribution in [2.45, 2.75) is 52.0 Å². The first-order chi connectivity index (χ1) is 15.0. The minimum absolute atomic E-state index is 0.00474. The monoisotopic (exact) mass is 423 g/mol. The van der Waals surface area contributed by atoms with Crippen molar-refractivity contribution in [1.29, 1.82) is 0 Å². The molecule has 4 nitrogen and oxygen atoms in total. The highest BCUT2D eigenvalue weighted by Gasteiger charge is 2.22. The van der Waals surface area contributed by atoms with Crippen LogP contribution in [0.25, 0.3) is 10.9 Å². The number of nitrogens with zero attached hydrogens (tertiary/aromatic N) is 1. The molecule has 2 aromatic carbocycles. The number of H-pyrrole nitrogens is 1. The van der Waals surface area contributed by atoms with Gasteiger partial charge in [-0.25, -0.2) is 4.39 Å². The average molecular weight is 424 g/mol. The predicted octanol–water partition coefficient (Wildman–Crippen LogP) is 5.46. The Bertz CT molecular complexity index is 979. The van der Waals surface area contributed by atoms with Crippen LogP contribution in [0.2, 0.25) is 0 Å². The molecule has 0 spiro atoms. The molecule has 1 heterocycles. The molecular weight excluding hydrogens is 389 g/mol. The zero-order chi connectivity index (χ0) is 22.2. The molecule has 0 fully saturated rings. The molecule has 2 atom stereocenters. The quantitative estimate of drug-likeness (QED) is 0.430. The lowest BCUT2D eigenvalue weighted by Crippen LogP contribution is -2.34. The standard InChI is InChI=1S/C26H34FN3O/c1-4-30(5-2)15-9-10-19(3)29-26(31)17-23(20-11-8-12-21(27)16-20)24-18-28-25-14-7-6-13-22(24)25/h6-8,11-14,16,18-19,23,28H,4-5,9-10,15,17H2,1-3H3,(H,29,31)/t19-,23-/m1/s1. The molecule has 3 aromatic rings. The van der Waals surface area contributed by atoms with Gasteiger partial charge in [0.05, 0.1) is 0 Å². The van der Waals surface area contributed by atoms with E-state index in [1.54, 1.807) is 6.07 Å². The second kappa shape index (κ2) is 11.1. The first kappa shape index (κ1) is 23.0. The number of aromatic amines is 1. The van der Waals surface area contributed by atoms with Crippen LogP contribution < -0.4 is 5.32 Å². The van der Waals surface area contributed by atoms with Crippen LogP contribution in [0.5, 0.6) is 0 Å². The largest absolute Gasteiger partial charge is 0.361 e. The Labute approximate surface area is 184 Å². The van der Waals surface area contributed by atoms with Crippen molar-refractivity contribution in [2.75, 3.05) is 19.6 Å². The van der Waals surface area contributed by atoms with Crippen LogP contribution in [0, 0.1) is 5.82 Å². The van der Waals surface area contributed by atoms with Crippen molar-refractivity contribution in [1.82, 2.24) is 15.2 Å². The second-order valence-electron chi connectivity index (χ2n) is 8.24. The molecular formula is C26H34FN3O. The zero-order valence-corrected chi connectivity index (χ0v) is 18.8. The van der Waals surface area contributed by atoms with E-state index in [0.29, 0.717) is 0 Å². The van der Waals surface area contributed by atoms with Crippen molar-refractivity contribution in [3.8, 4) is 0 Å². The van der Waals surface area contributed by atoms with E-state index in [0.717, 1.165) is 54.5 Å². The number of carbonyl (C=O) groups is 1. The van der Waals surface area contributed by atoms with Gasteiger partial charge in [-0.3, -0.25) is 4.79 Å². The lowest BCUT2D eigenvalue weighted by atomic mass is 9.88. The summed E-state index contributed by atoms with van der Waals surface area (Å²) >= 11 is 0. The van der Waals surface area contributed by atoms with Crippen molar-refractivity contribution in [3.05, 3.63) is 71.7 Å². The number of rotatable bonds is 11. The minimum atomic E-state index is -0.285. The van der Waals surface area contributed by atoms with E-state index in [1.807, 2.05) is 36.5 Å². The minimum Gasteiger partial charge on any atom is -0.361 e. The summed E-state index contributed by atoms with van der Waals surface area (Å²) in [6, 6.07) is 14.7. The number of halogens is 1. The van der Waals surface area contributed by atoms with Gasteiger partial charge >= 0.3 is 0 Å². The molecule has 166 valence electrons. The fourth-order valence-electron chi connectivity index (χ4n) is 4.27.